The van der Waals surface area contributed by atoms with Gasteiger partial charge < -0.3 is 5.32 Å². The maximum atomic E-state index is 13.6. The van der Waals surface area contributed by atoms with Crippen LogP contribution in [0.5, 0.6) is 0 Å². The van der Waals surface area contributed by atoms with Gasteiger partial charge in [-0.2, -0.15) is 0 Å². The van der Waals surface area contributed by atoms with E-state index in [1.54, 1.807) is 0 Å². The minimum atomic E-state index is -0.764. The van der Waals surface area contributed by atoms with E-state index < -0.39 is 17.5 Å². The maximum absolute atomic E-state index is 13.6. The van der Waals surface area contributed by atoms with E-state index in [9.17, 15) is 13.6 Å². The molecule has 7 heteroatoms. The molecular weight excluding hydrogens is 375 g/mol. The molecule has 0 aliphatic carbocycles. The van der Waals surface area contributed by atoms with Crippen molar-refractivity contribution < 1.29 is 13.6 Å². The fourth-order valence-corrected chi connectivity index (χ4v) is 2.34. The summed E-state index contributed by atoms with van der Waals surface area (Å²) in [6.45, 7) is 0. The van der Waals surface area contributed by atoms with Crippen LogP contribution < -0.4 is 5.32 Å². The van der Waals surface area contributed by atoms with E-state index in [1.807, 2.05) is 0 Å². The van der Waals surface area contributed by atoms with Crippen LogP contribution in [0.2, 0.25) is 10.0 Å². The van der Waals surface area contributed by atoms with E-state index in [1.165, 1.54) is 18.2 Å². The molecule has 2 rings (SSSR count). The highest BCUT2D eigenvalue weighted by atomic mass is 79.9. The molecule has 0 atom stereocenters. The number of rotatable bonds is 2. The first kappa shape index (κ1) is 15.2. The molecule has 1 amide bonds. The third-order valence-corrected chi connectivity index (χ3v) is 3.43. The summed E-state index contributed by atoms with van der Waals surface area (Å²) < 4.78 is 26.9. The summed E-state index contributed by atoms with van der Waals surface area (Å²) in [5.74, 6) is -2.10. The molecule has 0 radical (unpaired) electrons. The number of carbonyl (C=O) groups excluding carboxylic acids is 1. The van der Waals surface area contributed by atoms with Crippen molar-refractivity contribution in [1.82, 2.24) is 0 Å². The first-order chi connectivity index (χ1) is 9.36. The van der Waals surface area contributed by atoms with Crippen molar-refractivity contribution in [3.8, 4) is 0 Å². The van der Waals surface area contributed by atoms with Crippen molar-refractivity contribution in [1.29, 1.82) is 0 Å². The molecule has 2 aromatic carbocycles. The fourth-order valence-electron chi connectivity index (χ4n) is 1.50. The molecular formula is C13H6BrCl2F2NO. The van der Waals surface area contributed by atoms with Crippen LogP contribution >= 0.6 is 39.1 Å². The van der Waals surface area contributed by atoms with Gasteiger partial charge in [0.15, 0.2) is 0 Å². The van der Waals surface area contributed by atoms with Crippen LogP contribution in [0.3, 0.4) is 0 Å². The molecule has 0 saturated carbocycles. The van der Waals surface area contributed by atoms with Gasteiger partial charge in [0, 0.05) is 21.7 Å². The number of hydrogen-bond acceptors (Lipinski definition) is 1. The maximum Gasteiger partial charge on any atom is 0.255 e. The zero-order valence-electron chi connectivity index (χ0n) is 9.68. The van der Waals surface area contributed by atoms with Crippen molar-refractivity contribution in [3.05, 3.63) is 62.0 Å². The van der Waals surface area contributed by atoms with E-state index in [-0.39, 0.29) is 25.8 Å². The van der Waals surface area contributed by atoms with Crippen LogP contribution in [0.4, 0.5) is 14.5 Å². The predicted octanol–water partition coefficient (Wildman–Crippen LogP) is 5.29. The highest BCUT2D eigenvalue weighted by Gasteiger charge is 2.13. The third kappa shape index (κ3) is 3.48. The highest BCUT2D eigenvalue weighted by molar-refractivity contribution is 9.10. The zero-order valence-corrected chi connectivity index (χ0v) is 12.8. The Balaban J connectivity index is 2.30. The Morgan fingerprint density at radius 1 is 1.00 bits per heavy atom. The lowest BCUT2D eigenvalue weighted by atomic mass is 10.2. The Kier molecular flexibility index (Phi) is 4.62. The lowest BCUT2D eigenvalue weighted by Gasteiger charge is -2.08. The summed E-state index contributed by atoms with van der Waals surface area (Å²) in [5, 5.41) is 2.79. The molecule has 2 nitrogen and oxygen atoms in total. The summed E-state index contributed by atoms with van der Waals surface area (Å²) in [4.78, 5) is 11.9. The zero-order chi connectivity index (χ0) is 14.9. The number of anilines is 1. The number of halogens is 5. The normalized spacial score (nSPS) is 10.4. The summed E-state index contributed by atoms with van der Waals surface area (Å²) in [5.41, 5.74) is -0.128. The minimum absolute atomic E-state index is 0.0289. The number of benzene rings is 2. The monoisotopic (exact) mass is 379 g/mol. The van der Waals surface area contributed by atoms with E-state index >= 15 is 0 Å². The molecule has 1 N–H and O–H groups in total. The van der Waals surface area contributed by atoms with Gasteiger partial charge in [-0.05, 0) is 40.2 Å². The Morgan fingerprint density at radius 2 is 1.60 bits per heavy atom. The Bertz CT molecular complexity index is 674. The van der Waals surface area contributed by atoms with E-state index in [4.69, 9.17) is 23.2 Å². The molecule has 0 spiro atoms. The lowest BCUT2D eigenvalue weighted by molar-refractivity contribution is 0.102. The van der Waals surface area contributed by atoms with Gasteiger partial charge in [0.25, 0.3) is 5.91 Å². The average Bonchev–Trinajstić information content (AvgIpc) is 2.34. The smallest absolute Gasteiger partial charge is 0.255 e. The van der Waals surface area contributed by atoms with Crippen LogP contribution in [-0.4, -0.2) is 5.91 Å². The van der Waals surface area contributed by atoms with Crippen LogP contribution in [-0.2, 0) is 0 Å². The van der Waals surface area contributed by atoms with Crippen LogP contribution in [0.25, 0.3) is 0 Å². The van der Waals surface area contributed by atoms with E-state index in [0.29, 0.717) is 0 Å². The molecule has 0 fully saturated rings. The van der Waals surface area contributed by atoms with Crippen molar-refractivity contribution >= 4 is 50.7 Å². The minimum Gasteiger partial charge on any atom is -0.319 e. The first-order valence-corrected chi connectivity index (χ1v) is 6.83. The van der Waals surface area contributed by atoms with Gasteiger partial charge in [-0.1, -0.05) is 23.2 Å². The molecule has 0 aromatic heterocycles. The molecule has 2 aromatic rings. The Labute approximate surface area is 131 Å². The molecule has 0 bridgehead atoms. The average molecular weight is 381 g/mol. The van der Waals surface area contributed by atoms with E-state index in [2.05, 4.69) is 21.2 Å². The largest absolute Gasteiger partial charge is 0.319 e. The molecule has 0 aliphatic heterocycles. The lowest BCUT2D eigenvalue weighted by Crippen LogP contribution is -2.13. The first-order valence-electron chi connectivity index (χ1n) is 5.29. The van der Waals surface area contributed by atoms with E-state index in [0.717, 1.165) is 12.1 Å². The summed E-state index contributed by atoms with van der Waals surface area (Å²) in [6.07, 6.45) is 0. The van der Waals surface area contributed by atoms with Gasteiger partial charge in [0.2, 0.25) is 0 Å². The standard InChI is InChI=1S/C13H6BrCl2F2NO/c14-9-4-11(18)12(5-10(9)17)19-13(20)6-1-7(15)3-8(16)2-6/h1-5H,(H,19,20). The third-order valence-electron chi connectivity index (χ3n) is 2.38. The number of hydrogen-bond donors (Lipinski definition) is 1. The summed E-state index contributed by atoms with van der Waals surface area (Å²) in [6, 6.07) is 6.00. The molecule has 0 aliphatic rings. The Hall–Kier alpha value is -1.17. The van der Waals surface area contributed by atoms with Crippen molar-refractivity contribution in [2.45, 2.75) is 0 Å². The second kappa shape index (κ2) is 6.08. The highest BCUT2D eigenvalue weighted by Crippen LogP contribution is 2.25. The van der Waals surface area contributed by atoms with Crippen molar-refractivity contribution in [2.24, 2.45) is 0 Å². The predicted molar refractivity (Wildman–Crippen MR) is 78.5 cm³/mol. The van der Waals surface area contributed by atoms with Crippen LogP contribution in [0, 0.1) is 11.6 Å². The van der Waals surface area contributed by atoms with Gasteiger partial charge in [0.05, 0.1) is 10.2 Å². The summed E-state index contributed by atoms with van der Waals surface area (Å²) in [7, 11) is 0. The second-order valence-corrected chi connectivity index (χ2v) is 5.59. The number of amides is 1. The van der Waals surface area contributed by atoms with Crippen molar-refractivity contribution in [2.75, 3.05) is 5.32 Å². The summed E-state index contributed by atoms with van der Waals surface area (Å²) >= 11 is 14.4. The fraction of sp³-hybridized carbons (Fsp3) is 0. The molecule has 0 unspecified atom stereocenters. The number of carbonyl (C=O) groups is 1. The van der Waals surface area contributed by atoms with Gasteiger partial charge in [-0.3, -0.25) is 4.79 Å². The van der Waals surface area contributed by atoms with Crippen LogP contribution in [0.15, 0.2) is 34.8 Å². The van der Waals surface area contributed by atoms with Gasteiger partial charge in [-0.15, -0.1) is 0 Å². The quantitative estimate of drug-likeness (QED) is 0.705. The van der Waals surface area contributed by atoms with Crippen molar-refractivity contribution in [3.63, 3.8) is 0 Å². The molecule has 104 valence electrons. The SMILES string of the molecule is O=C(Nc1cc(F)c(Br)cc1F)c1cc(Cl)cc(Cl)c1. The molecule has 20 heavy (non-hydrogen) atoms. The van der Waals surface area contributed by atoms with Crippen LogP contribution in [0.1, 0.15) is 10.4 Å². The number of nitrogens with one attached hydrogen (secondary N) is 1. The topological polar surface area (TPSA) is 29.1 Å². The Morgan fingerprint density at radius 3 is 2.20 bits per heavy atom. The van der Waals surface area contributed by atoms with Gasteiger partial charge in [-0.25, -0.2) is 8.78 Å². The molecule has 0 saturated heterocycles. The van der Waals surface area contributed by atoms with Gasteiger partial charge >= 0.3 is 0 Å². The van der Waals surface area contributed by atoms with Gasteiger partial charge in [0.1, 0.15) is 11.6 Å². The second-order valence-electron chi connectivity index (χ2n) is 3.86. The molecule has 0 heterocycles.